The van der Waals surface area contributed by atoms with Gasteiger partial charge in [0.1, 0.15) is 11.9 Å². The average Bonchev–Trinajstić information content (AvgIpc) is 2.51. The predicted molar refractivity (Wildman–Crippen MR) is 94.4 cm³/mol. The zero-order valence-electron chi connectivity index (χ0n) is 12.9. The maximum absolute atomic E-state index is 12.0. The Hall–Kier alpha value is -2.27. The summed E-state index contributed by atoms with van der Waals surface area (Å²) in [5.74, 6) is 2.71. The molecule has 1 aliphatic rings. The molecule has 0 saturated carbocycles. The highest BCUT2D eigenvalue weighted by Crippen LogP contribution is 2.24. The molecule has 2 aromatic carbocycles. The summed E-state index contributed by atoms with van der Waals surface area (Å²) in [5, 5.41) is 4.02. The van der Waals surface area contributed by atoms with Gasteiger partial charge in [0.2, 0.25) is 0 Å². The number of hydrogen-bond donors (Lipinski definition) is 1. The molecule has 2 aromatic rings. The van der Waals surface area contributed by atoms with Gasteiger partial charge in [-0.3, -0.25) is 4.79 Å². The minimum Gasteiger partial charge on any atom is -0.489 e. The van der Waals surface area contributed by atoms with Crippen LogP contribution in [0.4, 0.5) is 0 Å². The molecule has 0 unspecified atom stereocenters. The van der Waals surface area contributed by atoms with E-state index < -0.39 is 0 Å². The van der Waals surface area contributed by atoms with Crippen molar-refractivity contribution in [3.8, 4) is 5.75 Å². The third-order valence-electron chi connectivity index (χ3n) is 3.43. The van der Waals surface area contributed by atoms with Crippen LogP contribution >= 0.6 is 11.8 Å². The van der Waals surface area contributed by atoms with E-state index in [-0.39, 0.29) is 5.91 Å². The molecule has 0 spiro atoms. The Morgan fingerprint density at radius 1 is 1.26 bits per heavy atom. The summed E-state index contributed by atoms with van der Waals surface area (Å²) in [6, 6.07) is 15.1. The first kappa shape index (κ1) is 15.6. The number of nitrogens with one attached hydrogen (secondary N) is 1. The number of hydrogen-bond acceptors (Lipinski definition) is 4. The van der Waals surface area contributed by atoms with Crippen molar-refractivity contribution in [1.29, 1.82) is 0 Å². The molecular formula is C18H18N2O2S. The molecule has 0 atom stereocenters. The molecule has 1 heterocycles. The van der Waals surface area contributed by atoms with Gasteiger partial charge in [-0.1, -0.05) is 29.8 Å². The van der Waals surface area contributed by atoms with Crippen LogP contribution in [0.1, 0.15) is 21.5 Å². The normalized spacial score (nSPS) is 14.5. The Labute approximate surface area is 139 Å². The van der Waals surface area contributed by atoms with Crippen molar-refractivity contribution in [2.45, 2.75) is 13.0 Å². The number of thioether (sulfide) groups is 1. The van der Waals surface area contributed by atoms with E-state index in [9.17, 15) is 4.79 Å². The second-order valence-corrected chi connectivity index (χ2v) is 6.49. The van der Waals surface area contributed by atoms with Gasteiger partial charge >= 0.3 is 0 Å². The fraction of sp³-hybridized carbons (Fsp3) is 0.222. The maximum atomic E-state index is 12.0. The van der Waals surface area contributed by atoms with Gasteiger partial charge in [0.25, 0.3) is 5.91 Å². The Kier molecular flexibility index (Phi) is 4.98. The maximum Gasteiger partial charge on any atom is 0.271 e. The number of amides is 1. The summed E-state index contributed by atoms with van der Waals surface area (Å²) in [7, 11) is 0. The lowest BCUT2D eigenvalue weighted by Gasteiger charge is -2.25. The van der Waals surface area contributed by atoms with E-state index in [2.05, 4.69) is 10.5 Å². The monoisotopic (exact) mass is 326 g/mol. The Bertz CT molecular complexity index is 726. The van der Waals surface area contributed by atoms with Crippen LogP contribution < -0.4 is 10.2 Å². The summed E-state index contributed by atoms with van der Waals surface area (Å²) < 4.78 is 5.83. The van der Waals surface area contributed by atoms with E-state index in [0.29, 0.717) is 11.7 Å². The molecule has 5 heteroatoms. The summed E-state index contributed by atoms with van der Waals surface area (Å²) in [6.07, 6.45) is 1.93. The van der Waals surface area contributed by atoms with Gasteiger partial charge in [-0.25, -0.2) is 5.43 Å². The lowest BCUT2D eigenvalue weighted by Crippen LogP contribution is -2.31. The Morgan fingerprint density at radius 3 is 2.83 bits per heavy atom. The molecule has 1 amide bonds. The van der Waals surface area contributed by atoms with Gasteiger partial charge in [0.15, 0.2) is 0 Å². The van der Waals surface area contributed by atoms with Crippen molar-refractivity contribution < 1.29 is 9.53 Å². The van der Waals surface area contributed by atoms with Crippen LogP contribution in [-0.4, -0.2) is 29.7 Å². The molecule has 0 aromatic heterocycles. The van der Waals surface area contributed by atoms with Crippen molar-refractivity contribution in [3.05, 3.63) is 65.2 Å². The highest BCUT2D eigenvalue weighted by Gasteiger charge is 2.19. The van der Waals surface area contributed by atoms with E-state index in [1.54, 1.807) is 12.3 Å². The summed E-state index contributed by atoms with van der Waals surface area (Å²) in [6.45, 7) is 1.95. The third kappa shape index (κ3) is 4.36. The molecule has 4 nitrogen and oxygen atoms in total. The number of carbonyl (C=O) groups excluding carboxylic acids is 1. The zero-order valence-corrected chi connectivity index (χ0v) is 13.7. The van der Waals surface area contributed by atoms with Crippen LogP contribution in [0.25, 0.3) is 0 Å². The van der Waals surface area contributed by atoms with Gasteiger partial charge < -0.3 is 4.74 Å². The fourth-order valence-electron chi connectivity index (χ4n) is 2.16. The van der Waals surface area contributed by atoms with Crippen molar-refractivity contribution in [2.75, 3.05) is 11.5 Å². The van der Waals surface area contributed by atoms with Gasteiger partial charge in [-0.05, 0) is 36.8 Å². The van der Waals surface area contributed by atoms with Crippen LogP contribution in [0.3, 0.4) is 0 Å². The molecular weight excluding hydrogens is 308 g/mol. The topological polar surface area (TPSA) is 50.7 Å². The number of rotatable bonds is 5. The third-order valence-corrected chi connectivity index (χ3v) is 4.64. The first-order chi connectivity index (χ1) is 11.2. The second-order valence-electron chi connectivity index (χ2n) is 5.42. The molecule has 0 bridgehead atoms. The Morgan fingerprint density at radius 2 is 2.09 bits per heavy atom. The van der Waals surface area contributed by atoms with E-state index in [1.165, 1.54) is 0 Å². The van der Waals surface area contributed by atoms with Crippen LogP contribution in [-0.2, 0) is 0 Å². The molecule has 3 rings (SSSR count). The number of nitrogens with zero attached hydrogens (tertiary/aromatic N) is 1. The van der Waals surface area contributed by atoms with E-state index >= 15 is 0 Å². The molecule has 118 valence electrons. The number of benzene rings is 2. The molecule has 1 saturated heterocycles. The van der Waals surface area contributed by atoms with Gasteiger partial charge in [0.05, 0.1) is 6.21 Å². The first-order valence-electron chi connectivity index (χ1n) is 7.45. The van der Waals surface area contributed by atoms with Gasteiger partial charge in [-0.15, -0.1) is 0 Å². The van der Waals surface area contributed by atoms with E-state index in [4.69, 9.17) is 4.74 Å². The van der Waals surface area contributed by atoms with E-state index in [1.807, 2.05) is 61.2 Å². The lowest BCUT2D eigenvalue weighted by molar-refractivity contribution is 0.0955. The van der Waals surface area contributed by atoms with Gasteiger partial charge in [-0.2, -0.15) is 16.9 Å². The smallest absolute Gasteiger partial charge is 0.271 e. The predicted octanol–water partition coefficient (Wildman–Crippen LogP) is 3.25. The SMILES string of the molecule is Cc1cccc(C(=O)N/N=C\c2cccc(OC3CSC3)c2)c1. The first-order valence-corrected chi connectivity index (χ1v) is 8.61. The quantitative estimate of drug-likeness (QED) is 0.678. The highest BCUT2D eigenvalue weighted by atomic mass is 32.2. The summed E-state index contributed by atoms with van der Waals surface area (Å²) >= 11 is 1.89. The average molecular weight is 326 g/mol. The van der Waals surface area contributed by atoms with Crippen molar-refractivity contribution in [2.24, 2.45) is 5.10 Å². The molecule has 1 aliphatic heterocycles. The van der Waals surface area contributed by atoms with Gasteiger partial charge in [0, 0.05) is 17.1 Å². The van der Waals surface area contributed by atoms with Crippen molar-refractivity contribution in [1.82, 2.24) is 5.43 Å². The fourth-order valence-corrected chi connectivity index (χ4v) is 2.72. The lowest BCUT2D eigenvalue weighted by atomic mass is 10.1. The van der Waals surface area contributed by atoms with Crippen molar-refractivity contribution >= 4 is 23.9 Å². The van der Waals surface area contributed by atoms with Crippen LogP contribution in [0.5, 0.6) is 5.75 Å². The molecule has 0 radical (unpaired) electrons. The Balaban J connectivity index is 1.59. The molecule has 23 heavy (non-hydrogen) atoms. The zero-order chi connectivity index (χ0) is 16.1. The van der Waals surface area contributed by atoms with Crippen molar-refractivity contribution in [3.63, 3.8) is 0 Å². The summed E-state index contributed by atoms with van der Waals surface area (Å²) in [5.41, 5.74) is 5.07. The minimum absolute atomic E-state index is 0.219. The van der Waals surface area contributed by atoms with Crippen LogP contribution in [0, 0.1) is 6.92 Å². The number of carbonyl (C=O) groups is 1. The highest BCUT2D eigenvalue weighted by molar-refractivity contribution is 8.00. The van der Waals surface area contributed by atoms with Crippen LogP contribution in [0.15, 0.2) is 53.6 Å². The second kappa shape index (κ2) is 7.33. The molecule has 0 aliphatic carbocycles. The summed E-state index contributed by atoms with van der Waals surface area (Å²) in [4.78, 5) is 12.0. The standard InChI is InChI=1S/C18H18N2O2S/c1-13-4-2-6-15(8-13)18(21)20-19-10-14-5-3-7-16(9-14)22-17-11-23-12-17/h2-10,17H,11-12H2,1H3,(H,20,21)/b19-10-. The van der Waals surface area contributed by atoms with E-state index in [0.717, 1.165) is 28.4 Å². The largest absolute Gasteiger partial charge is 0.489 e. The molecule has 1 N–H and O–H groups in total. The van der Waals surface area contributed by atoms with Crippen LogP contribution in [0.2, 0.25) is 0 Å². The number of hydrazone groups is 1. The minimum atomic E-state index is -0.219. The number of ether oxygens (including phenoxy) is 1. The molecule has 1 fully saturated rings. The number of aryl methyl sites for hydroxylation is 1.